The molecule has 0 bridgehead atoms. The number of ether oxygens (including phenoxy) is 1. The van der Waals surface area contributed by atoms with Crippen LogP contribution >= 0.6 is 0 Å². The highest BCUT2D eigenvalue weighted by atomic mass is 16.5. The Morgan fingerprint density at radius 2 is 1.89 bits per heavy atom. The molecule has 1 saturated carbocycles. The van der Waals surface area contributed by atoms with E-state index in [1.54, 1.807) is 24.3 Å². The van der Waals surface area contributed by atoms with Gasteiger partial charge in [-0.05, 0) is 37.1 Å². The number of primary amides is 1. The van der Waals surface area contributed by atoms with Crippen LogP contribution in [0.3, 0.4) is 0 Å². The third kappa shape index (κ3) is 3.47. The summed E-state index contributed by atoms with van der Waals surface area (Å²) in [6.07, 6.45) is 4.90. The number of hydrogen-bond donors (Lipinski definition) is 1. The van der Waals surface area contributed by atoms with Crippen LogP contribution in [0.2, 0.25) is 0 Å². The van der Waals surface area contributed by atoms with Gasteiger partial charge in [0.1, 0.15) is 5.75 Å². The zero-order valence-electron chi connectivity index (χ0n) is 10.8. The van der Waals surface area contributed by atoms with Crippen molar-refractivity contribution in [1.82, 2.24) is 0 Å². The molecule has 4 nitrogen and oxygen atoms in total. The van der Waals surface area contributed by atoms with Crippen LogP contribution in [0.1, 0.15) is 37.7 Å². The van der Waals surface area contributed by atoms with Crippen molar-refractivity contribution in [2.24, 2.45) is 11.7 Å². The summed E-state index contributed by atoms with van der Waals surface area (Å²) >= 11 is 0. The van der Waals surface area contributed by atoms with Crippen molar-refractivity contribution >= 4 is 5.91 Å². The number of amides is 1. The lowest BCUT2D eigenvalue weighted by Crippen LogP contribution is -2.40. The van der Waals surface area contributed by atoms with Gasteiger partial charge in [-0.3, -0.25) is 4.79 Å². The van der Waals surface area contributed by atoms with Gasteiger partial charge in [-0.15, -0.1) is 0 Å². The molecule has 0 heterocycles. The van der Waals surface area contributed by atoms with Crippen LogP contribution in [0.5, 0.6) is 5.75 Å². The van der Waals surface area contributed by atoms with E-state index in [9.17, 15) is 4.79 Å². The van der Waals surface area contributed by atoms with E-state index >= 15 is 0 Å². The molecule has 4 heteroatoms. The molecule has 0 saturated heterocycles. The maximum Gasteiger partial charge on any atom is 0.258 e. The first-order chi connectivity index (χ1) is 9.20. The van der Waals surface area contributed by atoms with Gasteiger partial charge >= 0.3 is 0 Å². The first-order valence-corrected chi connectivity index (χ1v) is 6.67. The zero-order valence-corrected chi connectivity index (χ0v) is 10.8. The van der Waals surface area contributed by atoms with Crippen molar-refractivity contribution in [3.05, 3.63) is 29.8 Å². The Bertz CT molecular complexity index is 470. The van der Waals surface area contributed by atoms with Crippen molar-refractivity contribution in [3.8, 4) is 11.8 Å². The second-order valence-corrected chi connectivity index (χ2v) is 4.98. The van der Waals surface area contributed by atoms with Crippen LogP contribution in [0.4, 0.5) is 0 Å². The Balaban J connectivity index is 2.07. The number of carbonyl (C=O) groups is 1. The number of rotatable bonds is 4. The number of benzene rings is 1. The Labute approximate surface area is 113 Å². The molecule has 100 valence electrons. The van der Waals surface area contributed by atoms with Crippen LogP contribution in [0, 0.1) is 17.2 Å². The molecule has 0 aromatic heterocycles. The van der Waals surface area contributed by atoms with Crippen molar-refractivity contribution in [2.45, 2.75) is 38.2 Å². The maximum atomic E-state index is 11.6. The first-order valence-electron chi connectivity index (χ1n) is 6.67. The molecule has 1 unspecified atom stereocenters. The molecular weight excluding hydrogens is 240 g/mol. The fourth-order valence-corrected chi connectivity index (χ4v) is 2.58. The van der Waals surface area contributed by atoms with Gasteiger partial charge in [0, 0.05) is 5.92 Å². The molecule has 0 radical (unpaired) electrons. The molecule has 1 aromatic rings. The molecule has 19 heavy (non-hydrogen) atoms. The average Bonchev–Trinajstić information content (AvgIpc) is 2.46. The van der Waals surface area contributed by atoms with Gasteiger partial charge in [-0.1, -0.05) is 19.3 Å². The molecule has 0 spiro atoms. The minimum absolute atomic E-state index is 0.210. The number of nitrogens with zero attached hydrogens (tertiary/aromatic N) is 1. The minimum Gasteiger partial charge on any atom is -0.480 e. The Hall–Kier alpha value is -2.02. The molecule has 1 amide bonds. The Morgan fingerprint density at radius 1 is 1.26 bits per heavy atom. The van der Waals surface area contributed by atoms with Gasteiger partial charge in [0.25, 0.3) is 5.91 Å². The van der Waals surface area contributed by atoms with Gasteiger partial charge in [0.2, 0.25) is 0 Å². The molecule has 1 fully saturated rings. The van der Waals surface area contributed by atoms with Crippen molar-refractivity contribution in [3.63, 3.8) is 0 Å². The van der Waals surface area contributed by atoms with E-state index in [1.807, 2.05) is 6.07 Å². The molecular formula is C15H18N2O2. The second kappa shape index (κ2) is 6.24. The van der Waals surface area contributed by atoms with Gasteiger partial charge < -0.3 is 10.5 Å². The average molecular weight is 258 g/mol. The van der Waals surface area contributed by atoms with E-state index in [4.69, 9.17) is 15.7 Å². The smallest absolute Gasteiger partial charge is 0.258 e. The quantitative estimate of drug-likeness (QED) is 0.900. The van der Waals surface area contributed by atoms with Crippen molar-refractivity contribution in [1.29, 1.82) is 5.26 Å². The monoisotopic (exact) mass is 258 g/mol. The summed E-state index contributed by atoms with van der Waals surface area (Å²) in [6.45, 7) is 0. The summed E-state index contributed by atoms with van der Waals surface area (Å²) in [5.74, 6) is 0.395. The predicted octanol–water partition coefficient (Wildman–Crippen LogP) is 2.37. The van der Waals surface area contributed by atoms with E-state index in [2.05, 4.69) is 0 Å². The van der Waals surface area contributed by atoms with E-state index < -0.39 is 12.0 Å². The summed E-state index contributed by atoms with van der Waals surface area (Å²) in [5, 5.41) is 8.74. The first kappa shape index (κ1) is 13.4. The summed E-state index contributed by atoms with van der Waals surface area (Å²) in [6, 6.07) is 8.81. The van der Waals surface area contributed by atoms with E-state index in [1.165, 1.54) is 6.42 Å². The SMILES string of the molecule is N#Cc1ccc(OC(C(N)=O)C2CCCCC2)cc1. The molecule has 1 atom stereocenters. The van der Waals surface area contributed by atoms with Crippen LogP contribution in [-0.2, 0) is 4.79 Å². The van der Waals surface area contributed by atoms with Crippen LogP contribution in [-0.4, -0.2) is 12.0 Å². The largest absolute Gasteiger partial charge is 0.480 e. The molecule has 2 rings (SSSR count). The standard InChI is InChI=1S/C15H18N2O2/c16-10-11-6-8-13(9-7-11)19-14(15(17)18)12-4-2-1-3-5-12/h6-9,12,14H,1-5H2,(H2,17,18). The summed E-state index contributed by atoms with van der Waals surface area (Å²) in [7, 11) is 0. The third-order valence-electron chi connectivity index (χ3n) is 3.60. The fraction of sp³-hybridized carbons (Fsp3) is 0.467. The third-order valence-corrected chi connectivity index (χ3v) is 3.60. The van der Waals surface area contributed by atoms with E-state index in [0.29, 0.717) is 11.3 Å². The fourth-order valence-electron chi connectivity index (χ4n) is 2.58. The van der Waals surface area contributed by atoms with Gasteiger partial charge in [0.05, 0.1) is 11.6 Å². The number of hydrogen-bond acceptors (Lipinski definition) is 3. The zero-order chi connectivity index (χ0) is 13.7. The van der Waals surface area contributed by atoms with E-state index in [-0.39, 0.29) is 5.92 Å². The summed E-state index contributed by atoms with van der Waals surface area (Å²) in [5.41, 5.74) is 6.03. The number of nitriles is 1. The highest BCUT2D eigenvalue weighted by molar-refractivity contribution is 5.79. The molecule has 1 aromatic carbocycles. The topological polar surface area (TPSA) is 76.1 Å². The maximum absolute atomic E-state index is 11.6. The van der Waals surface area contributed by atoms with Crippen LogP contribution in [0.15, 0.2) is 24.3 Å². The van der Waals surface area contributed by atoms with Crippen molar-refractivity contribution in [2.75, 3.05) is 0 Å². The molecule has 1 aliphatic carbocycles. The van der Waals surface area contributed by atoms with E-state index in [0.717, 1.165) is 25.7 Å². The number of carbonyl (C=O) groups excluding carboxylic acids is 1. The summed E-state index contributed by atoms with van der Waals surface area (Å²) in [4.78, 5) is 11.6. The Kier molecular flexibility index (Phi) is 4.40. The summed E-state index contributed by atoms with van der Waals surface area (Å²) < 4.78 is 5.73. The number of nitrogens with two attached hydrogens (primary N) is 1. The van der Waals surface area contributed by atoms with Gasteiger partial charge in [-0.25, -0.2) is 0 Å². The highest BCUT2D eigenvalue weighted by Crippen LogP contribution is 2.29. The molecule has 2 N–H and O–H groups in total. The Morgan fingerprint density at radius 3 is 2.42 bits per heavy atom. The highest BCUT2D eigenvalue weighted by Gasteiger charge is 2.29. The van der Waals surface area contributed by atoms with Crippen molar-refractivity contribution < 1.29 is 9.53 Å². The second-order valence-electron chi connectivity index (χ2n) is 4.98. The van der Waals surface area contributed by atoms with Crippen LogP contribution in [0.25, 0.3) is 0 Å². The minimum atomic E-state index is -0.562. The van der Waals surface area contributed by atoms with Gasteiger partial charge in [-0.2, -0.15) is 5.26 Å². The molecule has 0 aliphatic heterocycles. The molecule has 1 aliphatic rings. The van der Waals surface area contributed by atoms with Gasteiger partial charge in [0.15, 0.2) is 6.10 Å². The lowest BCUT2D eigenvalue weighted by atomic mass is 9.85. The normalized spacial score (nSPS) is 17.4. The van der Waals surface area contributed by atoms with Crippen LogP contribution < -0.4 is 10.5 Å². The predicted molar refractivity (Wildman–Crippen MR) is 71.3 cm³/mol. The lowest BCUT2D eigenvalue weighted by molar-refractivity contribution is -0.127. The lowest BCUT2D eigenvalue weighted by Gasteiger charge is -2.28.